The van der Waals surface area contributed by atoms with Gasteiger partial charge in [-0.3, -0.25) is 0 Å². The van der Waals surface area contributed by atoms with Gasteiger partial charge in [0.05, 0.1) is 0 Å². The maximum atomic E-state index is 10.6. The summed E-state index contributed by atoms with van der Waals surface area (Å²) < 4.78 is 4.75. The first-order chi connectivity index (χ1) is 5.74. The van der Waals surface area contributed by atoms with E-state index in [-0.39, 0.29) is 11.4 Å². The highest BCUT2D eigenvalue weighted by Gasteiger charge is 2.06. The van der Waals surface area contributed by atoms with Crippen molar-refractivity contribution in [3.8, 4) is 11.9 Å². The minimum Gasteiger partial charge on any atom is -0.444 e. The maximum absolute atomic E-state index is 10.6. The average molecular weight is 163 g/mol. The second kappa shape index (κ2) is 3.69. The van der Waals surface area contributed by atoms with Gasteiger partial charge in [0.25, 0.3) is 0 Å². The van der Waals surface area contributed by atoms with Crippen LogP contribution >= 0.6 is 0 Å². The molecule has 12 heavy (non-hydrogen) atoms. The Morgan fingerprint density at radius 3 is 3.08 bits per heavy atom. The minimum absolute atomic E-state index is 0.0995. The van der Waals surface area contributed by atoms with Gasteiger partial charge in [-0.25, -0.2) is 4.98 Å². The molecule has 4 nitrogen and oxygen atoms in total. The third-order valence-corrected chi connectivity index (χ3v) is 1.17. The highest BCUT2D eigenvalue weighted by molar-refractivity contribution is 5.36. The lowest BCUT2D eigenvalue weighted by atomic mass is 10.3. The van der Waals surface area contributed by atoms with Crippen molar-refractivity contribution in [3.63, 3.8) is 0 Å². The van der Waals surface area contributed by atoms with Crippen molar-refractivity contribution in [2.24, 2.45) is 0 Å². The molecule has 0 aromatic carbocycles. The van der Waals surface area contributed by atoms with Crippen molar-refractivity contribution in [1.82, 2.24) is 4.98 Å². The van der Waals surface area contributed by atoms with Gasteiger partial charge in [0.1, 0.15) is 11.6 Å². The van der Waals surface area contributed by atoms with Gasteiger partial charge < -0.3 is 4.74 Å². The molecule has 0 fully saturated rings. The van der Waals surface area contributed by atoms with E-state index in [1.165, 1.54) is 13.1 Å². The first-order valence-corrected chi connectivity index (χ1v) is 3.41. The van der Waals surface area contributed by atoms with Gasteiger partial charge in [0, 0.05) is 13.1 Å². The largest absolute Gasteiger partial charge is 0.444 e. The first-order valence-electron chi connectivity index (χ1n) is 3.41. The lowest BCUT2D eigenvalue weighted by molar-refractivity contribution is -0.0580. The van der Waals surface area contributed by atoms with E-state index in [4.69, 9.17) is 10.00 Å². The van der Waals surface area contributed by atoms with E-state index >= 15 is 0 Å². The van der Waals surface area contributed by atoms with E-state index in [9.17, 15) is 5.11 Å². The van der Waals surface area contributed by atoms with Crippen LogP contribution < -0.4 is 4.74 Å². The van der Waals surface area contributed by atoms with Crippen LogP contribution in [0, 0.1) is 11.3 Å². The van der Waals surface area contributed by atoms with Gasteiger partial charge in [-0.15, -0.1) is 0 Å². The SMILES string of the molecule is CC([O])Oc1ncccc1C#N. The Kier molecular flexibility index (Phi) is 2.62. The van der Waals surface area contributed by atoms with Gasteiger partial charge in [0.2, 0.25) is 12.2 Å². The smallest absolute Gasteiger partial charge is 0.234 e. The van der Waals surface area contributed by atoms with Crippen LogP contribution in [-0.4, -0.2) is 11.3 Å². The van der Waals surface area contributed by atoms with E-state index in [1.807, 2.05) is 6.07 Å². The standard InChI is InChI=1S/C8H7N2O2/c1-6(11)12-8-7(5-9)3-2-4-10-8/h2-4,6H,1H3. The number of nitriles is 1. The Morgan fingerprint density at radius 2 is 2.50 bits per heavy atom. The third kappa shape index (κ3) is 1.94. The summed E-state index contributed by atoms with van der Waals surface area (Å²) in [6.45, 7) is 1.34. The van der Waals surface area contributed by atoms with E-state index in [1.54, 1.807) is 12.1 Å². The van der Waals surface area contributed by atoms with Crippen LogP contribution in [0.3, 0.4) is 0 Å². The summed E-state index contributed by atoms with van der Waals surface area (Å²) in [6.07, 6.45) is 0.269. The van der Waals surface area contributed by atoms with Crippen LogP contribution in [0.5, 0.6) is 5.88 Å². The fourth-order valence-corrected chi connectivity index (χ4v) is 0.727. The molecule has 0 spiro atoms. The number of hydrogen-bond acceptors (Lipinski definition) is 3. The molecule has 0 bridgehead atoms. The molecule has 61 valence electrons. The second-order valence-corrected chi connectivity index (χ2v) is 2.15. The molecule has 1 rings (SSSR count). The van der Waals surface area contributed by atoms with Gasteiger partial charge in [-0.2, -0.15) is 10.4 Å². The zero-order chi connectivity index (χ0) is 8.97. The summed E-state index contributed by atoms with van der Waals surface area (Å²) in [5.74, 6) is 0.0995. The molecule has 4 heteroatoms. The molecule has 1 heterocycles. The van der Waals surface area contributed by atoms with Gasteiger partial charge in [-0.05, 0) is 12.1 Å². The molecule has 0 saturated heterocycles. The minimum atomic E-state index is -1.20. The Balaban J connectivity index is 2.91. The molecule has 1 atom stereocenters. The predicted octanol–water partition coefficient (Wildman–Crippen LogP) is 1.11. The maximum Gasteiger partial charge on any atom is 0.234 e. The zero-order valence-corrected chi connectivity index (χ0v) is 6.52. The van der Waals surface area contributed by atoms with E-state index in [2.05, 4.69) is 4.98 Å². The lowest BCUT2D eigenvalue weighted by Gasteiger charge is -2.05. The molecule has 0 aliphatic carbocycles. The van der Waals surface area contributed by atoms with E-state index in [0.717, 1.165) is 0 Å². The summed E-state index contributed by atoms with van der Waals surface area (Å²) in [7, 11) is 0. The van der Waals surface area contributed by atoms with Gasteiger partial charge >= 0.3 is 0 Å². The highest BCUT2D eigenvalue weighted by atomic mass is 16.6. The number of nitrogens with zero attached hydrogens (tertiary/aromatic N) is 2. The van der Waals surface area contributed by atoms with E-state index in [0.29, 0.717) is 0 Å². The molecule has 1 aromatic heterocycles. The molecule has 0 saturated carbocycles. The number of rotatable bonds is 2. The fourth-order valence-electron chi connectivity index (χ4n) is 0.727. The topological polar surface area (TPSA) is 65.8 Å². The van der Waals surface area contributed by atoms with Crippen molar-refractivity contribution in [2.45, 2.75) is 13.2 Å². The van der Waals surface area contributed by atoms with Crippen molar-refractivity contribution >= 4 is 0 Å². The number of aromatic nitrogens is 1. The molecule has 1 unspecified atom stereocenters. The fraction of sp³-hybridized carbons (Fsp3) is 0.250. The van der Waals surface area contributed by atoms with Crippen LogP contribution in [0.1, 0.15) is 12.5 Å². The summed E-state index contributed by atoms with van der Waals surface area (Å²) in [6, 6.07) is 5.03. The molecular formula is C8H7N2O2. The third-order valence-electron chi connectivity index (χ3n) is 1.17. The number of pyridine rings is 1. The second-order valence-electron chi connectivity index (χ2n) is 2.15. The Bertz CT molecular complexity index is 304. The molecule has 1 aromatic rings. The van der Waals surface area contributed by atoms with Crippen molar-refractivity contribution < 1.29 is 9.84 Å². The van der Waals surface area contributed by atoms with Crippen molar-refractivity contribution in [2.75, 3.05) is 0 Å². The lowest BCUT2D eigenvalue weighted by Crippen LogP contribution is -2.09. The van der Waals surface area contributed by atoms with E-state index < -0.39 is 6.29 Å². The molecule has 1 radical (unpaired) electrons. The monoisotopic (exact) mass is 163 g/mol. The number of ether oxygens (including phenoxy) is 1. The molecular weight excluding hydrogens is 156 g/mol. The summed E-state index contributed by atoms with van der Waals surface area (Å²) in [5.41, 5.74) is 0.278. The predicted molar refractivity (Wildman–Crippen MR) is 39.7 cm³/mol. The molecule has 0 N–H and O–H groups in total. The van der Waals surface area contributed by atoms with Crippen LogP contribution in [0.15, 0.2) is 18.3 Å². The summed E-state index contributed by atoms with van der Waals surface area (Å²) in [5, 5.41) is 19.2. The number of hydrogen-bond donors (Lipinski definition) is 0. The summed E-state index contributed by atoms with van der Waals surface area (Å²) in [4.78, 5) is 3.74. The van der Waals surface area contributed by atoms with Crippen LogP contribution in [0.25, 0.3) is 0 Å². The zero-order valence-electron chi connectivity index (χ0n) is 6.52. The Morgan fingerprint density at radius 1 is 1.75 bits per heavy atom. The molecule has 0 amide bonds. The molecule has 0 aliphatic rings. The Hall–Kier alpha value is -1.60. The first kappa shape index (κ1) is 8.50. The molecule has 0 aliphatic heterocycles. The normalized spacial score (nSPS) is 11.8. The van der Waals surface area contributed by atoms with Gasteiger partial charge in [0.15, 0.2) is 0 Å². The van der Waals surface area contributed by atoms with Crippen LogP contribution in [0.4, 0.5) is 0 Å². The van der Waals surface area contributed by atoms with Crippen molar-refractivity contribution in [3.05, 3.63) is 23.9 Å². The average Bonchev–Trinajstić information content (AvgIpc) is 2.04. The quantitative estimate of drug-likeness (QED) is 0.613. The van der Waals surface area contributed by atoms with Crippen molar-refractivity contribution in [1.29, 1.82) is 5.26 Å². The Labute approximate surface area is 70.0 Å². The van der Waals surface area contributed by atoms with Gasteiger partial charge in [-0.1, -0.05) is 0 Å². The van der Waals surface area contributed by atoms with Crippen LogP contribution in [-0.2, 0) is 5.11 Å². The van der Waals surface area contributed by atoms with Crippen LogP contribution in [0.2, 0.25) is 0 Å². The summed E-state index contributed by atoms with van der Waals surface area (Å²) >= 11 is 0. The highest BCUT2D eigenvalue weighted by Crippen LogP contribution is 2.13.